The molecule has 22 heavy (non-hydrogen) atoms. The van der Waals surface area contributed by atoms with Gasteiger partial charge in [-0.25, -0.2) is 0 Å². The summed E-state index contributed by atoms with van der Waals surface area (Å²) >= 11 is 0. The van der Waals surface area contributed by atoms with Crippen molar-refractivity contribution in [3.63, 3.8) is 0 Å². The molecule has 0 aromatic heterocycles. The largest absolute Gasteiger partial charge is 0.370 e. The topological polar surface area (TPSA) is 107 Å². The number of aliphatic imine (C=N–C) groups is 1. The first-order chi connectivity index (χ1) is 10.5. The van der Waals surface area contributed by atoms with E-state index in [1.165, 1.54) is 19.3 Å². The van der Waals surface area contributed by atoms with Gasteiger partial charge in [0.1, 0.15) is 0 Å². The predicted molar refractivity (Wildman–Crippen MR) is 94.7 cm³/mol. The van der Waals surface area contributed by atoms with Crippen molar-refractivity contribution in [3.05, 3.63) is 0 Å². The number of carbonyl (C=O) groups is 1. The van der Waals surface area contributed by atoms with E-state index in [1.807, 2.05) is 0 Å². The SMILES string of the molecule is CCCCCCC(CCCC)C(=O)[C@@H](N)CCCN=C(N)N. The predicted octanol–water partition coefficient (Wildman–Crippen LogP) is 2.71. The highest BCUT2D eigenvalue weighted by molar-refractivity contribution is 5.86. The molecule has 0 aromatic rings. The van der Waals surface area contributed by atoms with E-state index < -0.39 is 0 Å². The van der Waals surface area contributed by atoms with Gasteiger partial charge in [0.15, 0.2) is 11.7 Å². The Morgan fingerprint density at radius 2 is 1.55 bits per heavy atom. The maximum absolute atomic E-state index is 12.5. The van der Waals surface area contributed by atoms with Gasteiger partial charge in [-0.1, -0.05) is 52.4 Å². The molecule has 0 heterocycles. The summed E-state index contributed by atoms with van der Waals surface area (Å²) < 4.78 is 0. The zero-order valence-corrected chi connectivity index (χ0v) is 14.5. The number of Topliss-reactive ketones (excluding diaryl/α,β-unsaturated/α-hetero) is 1. The lowest BCUT2D eigenvalue weighted by molar-refractivity contribution is -0.124. The Kier molecular flexibility index (Phi) is 12.9. The quantitative estimate of drug-likeness (QED) is 0.260. The molecule has 0 radical (unpaired) electrons. The van der Waals surface area contributed by atoms with Gasteiger partial charge in [0.25, 0.3) is 0 Å². The van der Waals surface area contributed by atoms with Crippen LogP contribution in [-0.4, -0.2) is 24.3 Å². The fourth-order valence-electron chi connectivity index (χ4n) is 2.66. The van der Waals surface area contributed by atoms with Crippen LogP contribution in [0.1, 0.15) is 78.1 Å². The van der Waals surface area contributed by atoms with E-state index in [0.717, 1.165) is 38.5 Å². The number of unbranched alkanes of at least 4 members (excludes halogenated alkanes) is 4. The first-order valence-corrected chi connectivity index (χ1v) is 8.87. The Bertz CT molecular complexity index is 314. The third kappa shape index (κ3) is 10.6. The minimum absolute atomic E-state index is 0.0941. The summed E-state index contributed by atoms with van der Waals surface area (Å²) in [6.45, 7) is 4.90. The summed E-state index contributed by atoms with van der Waals surface area (Å²) in [6, 6.07) is -0.373. The summed E-state index contributed by atoms with van der Waals surface area (Å²) in [6.07, 6.45) is 10.4. The van der Waals surface area contributed by atoms with E-state index in [9.17, 15) is 4.79 Å². The van der Waals surface area contributed by atoms with Gasteiger partial charge >= 0.3 is 0 Å². The maximum atomic E-state index is 12.5. The number of nitrogens with zero attached hydrogens (tertiary/aromatic N) is 1. The Morgan fingerprint density at radius 1 is 0.909 bits per heavy atom. The zero-order chi connectivity index (χ0) is 16.8. The highest BCUT2D eigenvalue weighted by Crippen LogP contribution is 2.20. The monoisotopic (exact) mass is 312 g/mol. The summed E-state index contributed by atoms with van der Waals surface area (Å²) in [5.74, 6) is 0.459. The highest BCUT2D eigenvalue weighted by atomic mass is 16.1. The van der Waals surface area contributed by atoms with Crippen molar-refractivity contribution >= 4 is 11.7 Å². The van der Waals surface area contributed by atoms with Gasteiger partial charge < -0.3 is 17.2 Å². The van der Waals surface area contributed by atoms with E-state index in [4.69, 9.17) is 17.2 Å². The van der Waals surface area contributed by atoms with Crippen molar-refractivity contribution in [3.8, 4) is 0 Å². The number of hydrogen-bond acceptors (Lipinski definition) is 3. The molecule has 2 atom stereocenters. The average Bonchev–Trinajstić information content (AvgIpc) is 2.49. The summed E-state index contributed by atoms with van der Waals surface area (Å²) in [4.78, 5) is 16.5. The van der Waals surface area contributed by atoms with Crippen molar-refractivity contribution < 1.29 is 4.79 Å². The molecular formula is C17H36N4O. The first kappa shape index (κ1) is 20.9. The molecule has 0 rings (SSSR count). The van der Waals surface area contributed by atoms with Crippen molar-refractivity contribution in [2.24, 2.45) is 28.1 Å². The van der Waals surface area contributed by atoms with Crippen LogP contribution in [0, 0.1) is 5.92 Å². The Morgan fingerprint density at radius 3 is 2.14 bits per heavy atom. The van der Waals surface area contributed by atoms with E-state index in [1.54, 1.807) is 0 Å². The molecule has 130 valence electrons. The zero-order valence-electron chi connectivity index (χ0n) is 14.5. The molecule has 0 aliphatic rings. The second-order valence-electron chi connectivity index (χ2n) is 6.15. The molecule has 0 amide bonds. The Balaban J connectivity index is 4.23. The van der Waals surface area contributed by atoms with Crippen LogP contribution in [0.15, 0.2) is 4.99 Å². The minimum Gasteiger partial charge on any atom is -0.370 e. The van der Waals surface area contributed by atoms with E-state index in [2.05, 4.69) is 18.8 Å². The molecule has 0 saturated heterocycles. The van der Waals surface area contributed by atoms with Crippen LogP contribution in [0.2, 0.25) is 0 Å². The highest BCUT2D eigenvalue weighted by Gasteiger charge is 2.23. The average molecular weight is 313 g/mol. The van der Waals surface area contributed by atoms with Crippen molar-refractivity contribution in [1.29, 1.82) is 0 Å². The Labute approximate surface area is 136 Å². The molecule has 0 fully saturated rings. The van der Waals surface area contributed by atoms with Gasteiger partial charge in [-0.05, 0) is 25.7 Å². The van der Waals surface area contributed by atoms with Gasteiger partial charge in [-0.3, -0.25) is 9.79 Å². The molecule has 1 unspecified atom stereocenters. The van der Waals surface area contributed by atoms with Gasteiger partial charge in [-0.2, -0.15) is 0 Å². The smallest absolute Gasteiger partial charge is 0.185 e. The molecular weight excluding hydrogens is 276 g/mol. The number of hydrogen-bond donors (Lipinski definition) is 3. The summed E-state index contributed by atoms with van der Waals surface area (Å²) in [5.41, 5.74) is 16.6. The standard InChI is InChI=1S/C17H36N4O/c1-3-5-7-8-11-14(10-6-4-2)16(22)15(18)12-9-13-21-17(19)20/h14-15H,3-13,18H2,1-2H3,(H4,19,20,21)/t14?,15-/m0/s1. The maximum Gasteiger partial charge on any atom is 0.185 e. The van der Waals surface area contributed by atoms with Gasteiger partial charge in [0.05, 0.1) is 6.04 Å². The minimum atomic E-state index is -0.373. The lowest BCUT2D eigenvalue weighted by Gasteiger charge is -2.19. The number of nitrogens with two attached hydrogens (primary N) is 3. The van der Waals surface area contributed by atoms with Gasteiger partial charge in [-0.15, -0.1) is 0 Å². The molecule has 0 bridgehead atoms. The van der Waals surface area contributed by atoms with Crippen molar-refractivity contribution in [2.45, 2.75) is 84.1 Å². The van der Waals surface area contributed by atoms with Crippen LogP contribution in [0.3, 0.4) is 0 Å². The molecule has 6 N–H and O–H groups in total. The molecule has 5 nitrogen and oxygen atoms in total. The first-order valence-electron chi connectivity index (χ1n) is 8.87. The number of ketones is 1. The second kappa shape index (κ2) is 13.6. The molecule has 0 aliphatic heterocycles. The lowest BCUT2D eigenvalue weighted by atomic mass is 9.87. The van der Waals surface area contributed by atoms with Crippen LogP contribution in [0.4, 0.5) is 0 Å². The third-order valence-corrected chi connectivity index (χ3v) is 4.05. The van der Waals surface area contributed by atoms with Gasteiger partial charge in [0, 0.05) is 12.5 Å². The normalized spacial score (nSPS) is 13.6. The Hall–Kier alpha value is -1.10. The van der Waals surface area contributed by atoms with E-state index >= 15 is 0 Å². The summed E-state index contributed by atoms with van der Waals surface area (Å²) in [7, 11) is 0. The van der Waals surface area contributed by atoms with Crippen LogP contribution >= 0.6 is 0 Å². The van der Waals surface area contributed by atoms with Gasteiger partial charge in [0.2, 0.25) is 0 Å². The molecule has 0 aromatic carbocycles. The number of rotatable bonds is 14. The fraction of sp³-hybridized carbons (Fsp3) is 0.882. The van der Waals surface area contributed by atoms with E-state index in [0.29, 0.717) is 13.0 Å². The van der Waals surface area contributed by atoms with Crippen molar-refractivity contribution in [1.82, 2.24) is 0 Å². The summed E-state index contributed by atoms with van der Waals surface area (Å²) in [5, 5.41) is 0. The van der Waals surface area contributed by atoms with E-state index in [-0.39, 0.29) is 23.7 Å². The van der Waals surface area contributed by atoms with Crippen LogP contribution in [0.25, 0.3) is 0 Å². The fourth-order valence-corrected chi connectivity index (χ4v) is 2.66. The molecule has 0 saturated carbocycles. The number of guanidine groups is 1. The second-order valence-corrected chi connectivity index (χ2v) is 6.15. The molecule has 5 heteroatoms. The lowest BCUT2D eigenvalue weighted by Crippen LogP contribution is -2.36. The van der Waals surface area contributed by atoms with Crippen LogP contribution in [-0.2, 0) is 4.79 Å². The molecule has 0 aliphatic carbocycles. The van der Waals surface area contributed by atoms with Crippen molar-refractivity contribution in [2.75, 3.05) is 6.54 Å². The molecule has 0 spiro atoms. The van der Waals surface area contributed by atoms with Crippen LogP contribution < -0.4 is 17.2 Å². The number of carbonyl (C=O) groups excluding carboxylic acids is 1. The van der Waals surface area contributed by atoms with Crippen LogP contribution in [0.5, 0.6) is 0 Å². The third-order valence-electron chi connectivity index (χ3n) is 4.05.